The van der Waals surface area contributed by atoms with Crippen molar-refractivity contribution in [1.82, 2.24) is 0 Å². The van der Waals surface area contributed by atoms with Gasteiger partial charge in [-0.15, -0.1) is 0 Å². The van der Waals surface area contributed by atoms with Crippen LogP contribution < -0.4 is 0 Å². The Morgan fingerprint density at radius 1 is 1.40 bits per heavy atom. The monoisotopic (exact) mass is 144 g/mol. The van der Waals surface area contributed by atoms with Gasteiger partial charge in [0.1, 0.15) is 0 Å². The van der Waals surface area contributed by atoms with Gasteiger partial charge in [-0.3, -0.25) is 4.79 Å². The van der Waals surface area contributed by atoms with E-state index in [9.17, 15) is 4.79 Å². The number of carbonyl (C=O) groups is 1. The highest BCUT2D eigenvalue weighted by Gasteiger charge is 2.16. The molecule has 0 N–H and O–H groups in total. The van der Waals surface area contributed by atoms with E-state index in [1.165, 1.54) is 14.2 Å². The number of methoxy groups -OCH3 is 2. The van der Waals surface area contributed by atoms with E-state index < -0.39 is 6.29 Å². The maximum atomic E-state index is 11.0. The van der Waals surface area contributed by atoms with Crippen LogP contribution in [0.25, 0.3) is 0 Å². The average molecular weight is 144 g/mol. The van der Waals surface area contributed by atoms with Crippen LogP contribution >= 0.6 is 0 Å². The molecule has 10 heavy (non-hydrogen) atoms. The summed E-state index contributed by atoms with van der Waals surface area (Å²) in [5.41, 5.74) is 0.439. The minimum absolute atomic E-state index is 0.218. The van der Waals surface area contributed by atoms with Gasteiger partial charge in [0.05, 0.1) is 0 Å². The zero-order chi connectivity index (χ0) is 8.15. The standard InChI is InChI=1S/C7H12O3/c1-5(2)6(8)7(9-3)10-4/h7H,1H2,2-4H3. The number of Topliss-reactive ketones (excluding diaryl/α,β-unsaturated/α-hetero) is 1. The van der Waals surface area contributed by atoms with Crippen LogP contribution in [0.1, 0.15) is 6.92 Å². The molecule has 58 valence electrons. The van der Waals surface area contributed by atoms with Gasteiger partial charge in [-0.2, -0.15) is 0 Å². The summed E-state index contributed by atoms with van der Waals surface area (Å²) in [5.74, 6) is -0.218. The fraction of sp³-hybridized carbons (Fsp3) is 0.571. The average Bonchev–Trinajstić information content (AvgIpc) is 1.90. The Morgan fingerprint density at radius 3 is 1.90 bits per heavy atom. The third-order valence-electron chi connectivity index (χ3n) is 1.06. The minimum atomic E-state index is -0.794. The quantitative estimate of drug-likeness (QED) is 0.431. The van der Waals surface area contributed by atoms with Crippen molar-refractivity contribution in [2.45, 2.75) is 13.2 Å². The predicted molar refractivity (Wildman–Crippen MR) is 37.6 cm³/mol. The molecule has 0 radical (unpaired) electrons. The van der Waals surface area contributed by atoms with Crippen molar-refractivity contribution >= 4 is 5.78 Å². The summed E-state index contributed by atoms with van der Waals surface area (Å²) in [6, 6.07) is 0. The van der Waals surface area contributed by atoms with Crippen LogP contribution in [0.5, 0.6) is 0 Å². The predicted octanol–water partition coefficient (Wildman–Crippen LogP) is 0.750. The van der Waals surface area contributed by atoms with Crippen molar-refractivity contribution in [1.29, 1.82) is 0 Å². The molecule has 3 heteroatoms. The number of carbonyl (C=O) groups excluding carboxylic acids is 1. The van der Waals surface area contributed by atoms with E-state index >= 15 is 0 Å². The van der Waals surface area contributed by atoms with E-state index in [1.807, 2.05) is 0 Å². The van der Waals surface area contributed by atoms with Gasteiger partial charge >= 0.3 is 0 Å². The zero-order valence-corrected chi connectivity index (χ0v) is 6.51. The summed E-state index contributed by atoms with van der Waals surface area (Å²) in [6.45, 7) is 5.08. The fourth-order valence-electron chi connectivity index (χ4n) is 0.511. The molecular formula is C7H12O3. The van der Waals surface area contributed by atoms with Gasteiger partial charge in [0.25, 0.3) is 0 Å². The number of ketones is 1. The molecule has 0 spiro atoms. The molecule has 0 aliphatic carbocycles. The van der Waals surface area contributed by atoms with Gasteiger partial charge in [-0.1, -0.05) is 6.58 Å². The first-order chi connectivity index (χ1) is 4.63. The minimum Gasteiger partial charge on any atom is -0.349 e. The molecule has 0 amide bonds. The second-order valence-electron chi connectivity index (χ2n) is 1.95. The van der Waals surface area contributed by atoms with Crippen molar-refractivity contribution in [3.63, 3.8) is 0 Å². The number of rotatable bonds is 4. The zero-order valence-electron chi connectivity index (χ0n) is 6.51. The van der Waals surface area contributed by atoms with Gasteiger partial charge in [-0.25, -0.2) is 0 Å². The van der Waals surface area contributed by atoms with Crippen molar-refractivity contribution in [2.24, 2.45) is 0 Å². The lowest BCUT2D eigenvalue weighted by Crippen LogP contribution is -2.25. The third-order valence-corrected chi connectivity index (χ3v) is 1.06. The van der Waals surface area contributed by atoms with Gasteiger partial charge in [0.2, 0.25) is 12.1 Å². The SMILES string of the molecule is C=C(C)C(=O)C(OC)OC. The second kappa shape index (κ2) is 4.19. The Balaban J connectivity index is 4.02. The summed E-state index contributed by atoms with van der Waals surface area (Å²) in [4.78, 5) is 11.0. The fourth-order valence-corrected chi connectivity index (χ4v) is 0.511. The highest BCUT2D eigenvalue weighted by atomic mass is 16.7. The molecule has 0 aliphatic rings. The normalized spacial score (nSPS) is 10.0. The largest absolute Gasteiger partial charge is 0.349 e. The Hall–Kier alpha value is -0.670. The Morgan fingerprint density at radius 2 is 1.80 bits per heavy atom. The van der Waals surface area contributed by atoms with Crippen LogP contribution in [0.2, 0.25) is 0 Å². The molecule has 0 fully saturated rings. The topological polar surface area (TPSA) is 35.5 Å². The summed E-state index contributed by atoms with van der Waals surface area (Å²) in [7, 11) is 2.82. The lowest BCUT2D eigenvalue weighted by Gasteiger charge is -2.10. The van der Waals surface area contributed by atoms with Crippen molar-refractivity contribution < 1.29 is 14.3 Å². The molecule has 0 saturated carbocycles. The van der Waals surface area contributed by atoms with Crippen LogP contribution in [-0.4, -0.2) is 26.3 Å². The second-order valence-corrected chi connectivity index (χ2v) is 1.95. The van der Waals surface area contributed by atoms with E-state index in [2.05, 4.69) is 16.1 Å². The Bertz CT molecular complexity index is 136. The van der Waals surface area contributed by atoms with Crippen molar-refractivity contribution in [3.05, 3.63) is 12.2 Å². The third kappa shape index (κ3) is 2.29. The van der Waals surface area contributed by atoms with Crippen LogP contribution in [0, 0.1) is 0 Å². The van der Waals surface area contributed by atoms with E-state index in [0.29, 0.717) is 5.57 Å². The Labute approximate surface area is 60.6 Å². The van der Waals surface area contributed by atoms with E-state index in [-0.39, 0.29) is 5.78 Å². The summed E-state index contributed by atoms with van der Waals surface area (Å²) < 4.78 is 9.38. The first kappa shape index (κ1) is 9.33. The molecule has 0 aromatic rings. The van der Waals surface area contributed by atoms with Crippen molar-refractivity contribution in [3.8, 4) is 0 Å². The maximum Gasteiger partial charge on any atom is 0.221 e. The molecular weight excluding hydrogens is 132 g/mol. The van der Waals surface area contributed by atoms with Crippen LogP contribution in [0.3, 0.4) is 0 Å². The molecule has 0 heterocycles. The van der Waals surface area contributed by atoms with E-state index in [4.69, 9.17) is 0 Å². The first-order valence-electron chi connectivity index (χ1n) is 2.88. The lowest BCUT2D eigenvalue weighted by molar-refractivity contribution is -0.152. The van der Waals surface area contributed by atoms with Crippen LogP contribution in [0.15, 0.2) is 12.2 Å². The molecule has 0 aromatic carbocycles. The molecule has 3 nitrogen and oxygen atoms in total. The van der Waals surface area contributed by atoms with Crippen molar-refractivity contribution in [2.75, 3.05) is 14.2 Å². The molecule has 0 aromatic heterocycles. The van der Waals surface area contributed by atoms with Crippen LogP contribution in [0.4, 0.5) is 0 Å². The highest BCUT2D eigenvalue weighted by Crippen LogP contribution is 2.00. The smallest absolute Gasteiger partial charge is 0.221 e. The van der Waals surface area contributed by atoms with Gasteiger partial charge in [0, 0.05) is 14.2 Å². The summed E-state index contributed by atoms with van der Waals surface area (Å²) in [5, 5.41) is 0. The summed E-state index contributed by atoms with van der Waals surface area (Å²) in [6.07, 6.45) is -0.794. The molecule has 0 aliphatic heterocycles. The molecule has 0 atom stereocenters. The van der Waals surface area contributed by atoms with Gasteiger partial charge in [0.15, 0.2) is 0 Å². The molecule has 0 rings (SSSR count). The molecule has 0 bridgehead atoms. The lowest BCUT2D eigenvalue weighted by atomic mass is 10.2. The van der Waals surface area contributed by atoms with Gasteiger partial charge < -0.3 is 9.47 Å². The maximum absolute atomic E-state index is 11.0. The first-order valence-corrected chi connectivity index (χ1v) is 2.88. The number of hydrogen-bond donors (Lipinski definition) is 0. The summed E-state index contributed by atoms with van der Waals surface area (Å²) >= 11 is 0. The number of ether oxygens (including phenoxy) is 2. The molecule has 0 unspecified atom stereocenters. The number of hydrogen-bond acceptors (Lipinski definition) is 3. The van der Waals surface area contributed by atoms with Crippen LogP contribution in [-0.2, 0) is 14.3 Å². The van der Waals surface area contributed by atoms with E-state index in [1.54, 1.807) is 6.92 Å². The van der Waals surface area contributed by atoms with E-state index in [0.717, 1.165) is 0 Å². The molecule has 0 saturated heterocycles. The Kier molecular flexibility index (Phi) is 3.91. The van der Waals surface area contributed by atoms with Gasteiger partial charge in [-0.05, 0) is 12.5 Å². The highest BCUT2D eigenvalue weighted by molar-refractivity contribution is 5.96.